The van der Waals surface area contributed by atoms with Crippen molar-refractivity contribution in [1.29, 1.82) is 5.26 Å². The van der Waals surface area contributed by atoms with E-state index in [-0.39, 0.29) is 16.9 Å². The van der Waals surface area contributed by atoms with E-state index in [1.807, 2.05) is 41.1 Å². The minimum atomic E-state index is -3.30. The van der Waals surface area contributed by atoms with E-state index < -0.39 is 9.84 Å². The summed E-state index contributed by atoms with van der Waals surface area (Å²) in [6.45, 7) is 0.355. The number of hydrogen-bond donors (Lipinski definition) is 1. The summed E-state index contributed by atoms with van der Waals surface area (Å²) in [6.07, 6.45) is 8.26. The highest BCUT2D eigenvalue weighted by Gasteiger charge is 2.49. The Morgan fingerprint density at radius 3 is 2.55 bits per heavy atom. The van der Waals surface area contributed by atoms with Gasteiger partial charge in [0.2, 0.25) is 5.88 Å². The van der Waals surface area contributed by atoms with Crippen molar-refractivity contribution in [1.82, 2.24) is 14.8 Å². The van der Waals surface area contributed by atoms with Crippen molar-refractivity contribution in [2.24, 2.45) is 11.3 Å². The molecule has 1 spiro atoms. The molecule has 9 heteroatoms. The largest absolute Gasteiger partial charge is 0.472 e. The second-order valence-electron chi connectivity index (χ2n) is 10.5. The van der Waals surface area contributed by atoms with Gasteiger partial charge < -0.3 is 10.1 Å². The second-order valence-corrected chi connectivity index (χ2v) is 12.6. The minimum Gasteiger partial charge on any atom is -0.472 e. The number of nitrogens with zero attached hydrogens (tertiary/aromatic N) is 4. The van der Waals surface area contributed by atoms with Crippen molar-refractivity contribution in [2.45, 2.75) is 49.6 Å². The summed E-state index contributed by atoms with van der Waals surface area (Å²) in [6, 6.07) is 20.9. The standard InChI is InChI=1S/C29H29N5O3S/c1-38(35,36)23-9-7-22(8-10-23)32-27-26-25(12-16-31-28(26)37-19-20-5-3-2-4-6-20)34(33-27)24-11-13-29(14-15-29)17-21(24)18-30/h2-10,12,16,21,24H,11,13-15,17,19H2,1H3,(H,32,33). The van der Waals surface area contributed by atoms with Gasteiger partial charge in [0.15, 0.2) is 15.7 Å². The molecule has 0 bridgehead atoms. The Morgan fingerprint density at radius 2 is 1.87 bits per heavy atom. The number of aromatic nitrogens is 3. The summed E-state index contributed by atoms with van der Waals surface area (Å²) in [5, 5.41) is 19.1. The SMILES string of the molecule is CS(=O)(=O)c1ccc(Nc2nn(C3CCC4(CC4)CC3C#N)c3ccnc(OCc4ccccc4)c23)cc1. The molecule has 1 N–H and O–H groups in total. The van der Waals surface area contributed by atoms with E-state index in [9.17, 15) is 13.7 Å². The third-order valence-electron chi connectivity index (χ3n) is 7.87. The maximum atomic E-state index is 11.9. The predicted molar refractivity (Wildman–Crippen MR) is 145 cm³/mol. The molecule has 2 unspecified atom stereocenters. The van der Waals surface area contributed by atoms with Gasteiger partial charge in [-0.3, -0.25) is 4.68 Å². The minimum absolute atomic E-state index is 0.0405. The van der Waals surface area contributed by atoms with E-state index >= 15 is 0 Å². The lowest BCUT2D eigenvalue weighted by Crippen LogP contribution is -2.28. The lowest BCUT2D eigenvalue weighted by molar-refractivity contribution is 0.200. The molecule has 194 valence electrons. The lowest BCUT2D eigenvalue weighted by Gasteiger charge is -2.33. The van der Waals surface area contributed by atoms with Crippen LogP contribution in [0.4, 0.5) is 11.5 Å². The molecular formula is C29H29N5O3S. The molecule has 0 radical (unpaired) electrons. The summed E-state index contributed by atoms with van der Waals surface area (Å²) >= 11 is 0. The number of rotatable bonds is 7. The summed E-state index contributed by atoms with van der Waals surface area (Å²) in [7, 11) is -3.30. The molecule has 0 saturated heterocycles. The van der Waals surface area contributed by atoms with Gasteiger partial charge in [0.25, 0.3) is 0 Å². The van der Waals surface area contributed by atoms with E-state index in [0.717, 1.165) is 35.7 Å². The van der Waals surface area contributed by atoms with Crippen LogP contribution in [0.5, 0.6) is 5.88 Å². The van der Waals surface area contributed by atoms with Gasteiger partial charge in [0.05, 0.1) is 28.4 Å². The smallest absolute Gasteiger partial charge is 0.227 e. The Morgan fingerprint density at radius 1 is 1.11 bits per heavy atom. The van der Waals surface area contributed by atoms with Crippen molar-refractivity contribution >= 4 is 32.2 Å². The van der Waals surface area contributed by atoms with E-state index in [2.05, 4.69) is 16.4 Å². The maximum Gasteiger partial charge on any atom is 0.227 e. The van der Waals surface area contributed by atoms with Crippen LogP contribution in [-0.4, -0.2) is 29.4 Å². The molecule has 6 rings (SSSR count). The third-order valence-corrected chi connectivity index (χ3v) is 9.00. The zero-order valence-corrected chi connectivity index (χ0v) is 22.0. The van der Waals surface area contributed by atoms with Crippen LogP contribution in [-0.2, 0) is 16.4 Å². The fourth-order valence-electron chi connectivity index (χ4n) is 5.57. The van der Waals surface area contributed by atoms with Gasteiger partial charge in [-0.1, -0.05) is 30.3 Å². The van der Waals surface area contributed by atoms with Crippen LogP contribution in [0.2, 0.25) is 0 Å². The average Bonchev–Trinajstić information content (AvgIpc) is 3.58. The topological polar surface area (TPSA) is 110 Å². The number of hydrogen-bond acceptors (Lipinski definition) is 7. The van der Waals surface area contributed by atoms with E-state index in [0.29, 0.717) is 29.4 Å². The molecule has 2 aromatic carbocycles. The van der Waals surface area contributed by atoms with Gasteiger partial charge >= 0.3 is 0 Å². The Labute approximate surface area is 222 Å². The van der Waals surface area contributed by atoms with Crippen LogP contribution in [0, 0.1) is 22.7 Å². The van der Waals surface area contributed by atoms with Gasteiger partial charge in [-0.2, -0.15) is 10.4 Å². The fraction of sp³-hybridized carbons (Fsp3) is 0.345. The first kappa shape index (κ1) is 24.4. The zero-order valence-electron chi connectivity index (χ0n) is 21.2. The first-order valence-corrected chi connectivity index (χ1v) is 14.8. The molecule has 0 aliphatic heterocycles. The number of nitrogens with one attached hydrogen (secondary N) is 1. The highest BCUT2D eigenvalue weighted by Crippen LogP contribution is 2.59. The van der Waals surface area contributed by atoms with Gasteiger partial charge in [0.1, 0.15) is 12.0 Å². The van der Waals surface area contributed by atoms with E-state index in [4.69, 9.17) is 9.84 Å². The van der Waals surface area contributed by atoms with Crippen LogP contribution in [0.1, 0.15) is 43.7 Å². The van der Waals surface area contributed by atoms with Crippen molar-refractivity contribution in [3.8, 4) is 11.9 Å². The fourth-order valence-corrected chi connectivity index (χ4v) is 6.20. The molecule has 2 atom stereocenters. The van der Waals surface area contributed by atoms with Crippen LogP contribution in [0.3, 0.4) is 0 Å². The molecule has 2 saturated carbocycles. The van der Waals surface area contributed by atoms with Gasteiger partial charge in [-0.15, -0.1) is 0 Å². The highest BCUT2D eigenvalue weighted by atomic mass is 32.2. The summed E-state index contributed by atoms with van der Waals surface area (Å²) in [5.41, 5.74) is 2.93. The number of ether oxygens (including phenoxy) is 1. The number of benzene rings is 2. The third kappa shape index (κ3) is 4.72. The van der Waals surface area contributed by atoms with Crippen molar-refractivity contribution in [2.75, 3.05) is 11.6 Å². The van der Waals surface area contributed by atoms with E-state index in [1.165, 1.54) is 19.1 Å². The Hall–Kier alpha value is -3.90. The predicted octanol–water partition coefficient (Wildman–Crippen LogP) is 5.80. The van der Waals surface area contributed by atoms with Gasteiger partial charge in [0, 0.05) is 18.1 Å². The summed E-state index contributed by atoms with van der Waals surface area (Å²) in [4.78, 5) is 4.79. The molecule has 4 aromatic rings. The van der Waals surface area contributed by atoms with Crippen LogP contribution in [0.25, 0.3) is 10.9 Å². The normalized spacial score (nSPS) is 20.2. The maximum absolute atomic E-state index is 11.9. The number of sulfone groups is 1. The summed E-state index contributed by atoms with van der Waals surface area (Å²) < 4.78 is 32.0. The van der Waals surface area contributed by atoms with Crippen molar-refractivity contribution < 1.29 is 13.2 Å². The first-order chi connectivity index (χ1) is 18.4. The number of pyridine rings is 1. The number of anilines is 2. The molecule has 0 amide bonds. The molecule has 38 heavy (non-hydrogen) atoms. The molecule has 2 aliphatic carbocycles. The zero-order chi connectivity index (χ0) is 26.3. The Kier molecular flexibility index (Phi) is 6.07. The summed E-state index contributed by atoms with van der Waals surface area (Å²) in [5.74, 6) is 0.903. The molecule has 2 heterocycles. The highest BCUT2D eigenvalue weighted by molar-refractivity contribution is 7.90. The quantitative estimate of drug-likeness (QED) is 0.323. The van der Waals surface area contributed by atoms with Crippen LogP contribution >= 0.6 is 0 Å². The molecule has 2 aromatic heterocycles. The second kappa shape index (κ2) is 9.44. The molecular weight excluding hydrogens is 498 g/mol. The Bertz CT molecular complexity index is 1620. The molecule has 2 aliphatic rings. The average molecular weight is 528 g/mol. The first-order valence-electron chi connectivity index (χ1n) is 12.9. The lowest BCUT2D eigenvalue weighted by atomic mass is 9.76. The van der Waals surface area contributed by atoms with Crippen LogP contribution < -0.4 is 10.1 Å². The van der Waals surface area contributed by atoms with Gasteiger partial charge in [-0.25, -0.2) is 13.4 Å². The van der Waals surface area contributed by atoms with Crippen LogP contribution in [0.15, 0.2) is 71.8 Å². The molecule has 8 nitrogen and oxygen atoms in total. The molecule has 2 fully saturated rings. The van der Waals surface area contributed by atoms with Crippen molar-refractivity contribution in [3.05, 3.63) is 72.4 Å². The van der Waals surface area contributed by atoms with Gasteiger partial charge in [-0.05, 0) is 73.4 Å². The monoisotopic (exact) mass is 527 g/mol. The van der Waals surface area contributed by atoms with Crippen molar-refractivity contribution in [3.63, 3.8) is 0 Å². The number of fused-ring (bicyclic) bond motifs is 1. The number of nitriles is 1. The van der Waals surface area contributed by atoms with E-state index in [1.54, 1.807) is 30.5 Å². The Balaban J connectivity index is 1.40.